The summed E-state index contributed by atoms with van der Waals surface area (Å²) in [6.45, 7) is 0. The molecule has 0 bridgehead atoms. The number of hydrogen-bond donors (Lipinski definition) is 0. The molecule has 0 spiro atoms. The van der Waals surface area contributed by atoms with Crippen LogP contribution in [0.15, 0.2) is 35.4 Å². The first-order valence-electron chi connectivity index (χ1n) is 4.10. The van der Waals surface area contributed by atoms with Crippen LogP contribution in [-0.2, 0) is 0 Å². The minimum atomic E-state index is 0.433. The lowest BCUT2D eigenvalue weighted by Gasteiger charge is -2.08. The molecule has 3 heteroatoms. The average Bonchev–Trinajstić information content (AvgIpc) is 2.15. The summed E-state index contributed by atoms with van der Waals surface area (Å²) in [4.78, 5) is 0. The maximum absolute atomic E-state index is 5.79. The molecule has 0 radical (unpaired) electrons. The van der Waals surface area contributed by atoms with Gasteiger partial charge in [-0.1, -0.05) is 30.3 Å². The summed E-state index contributed by atoms with van der Waals surface area (Å²) in [5, 5.41) is 6.04. The summed E-state index contributed by atoms with van der Waals surface area (Å²) < 4.78 is 0. The molecular formula is C10H13ClN2. The zero-order chi connectivity index (χ0) is 9.68. The summed E-state index contributed by atoms with van der Waals surface area (Å²) in [5.41, 5.74) is 1.97. The smallest absolute Gasteiger partial charge is 0.0824 e. The molecule has 0 heterocycles. The highest BCUT2D eigenvalue weighted by Crippen LogP contribution is 2.03. The van der Waals surface area contributed by atoms with Crippen LogP contribution in [0, 0.1) is 0 Å². The van der Waals surface area contributed by atoms with Gasteiger partial charge >= 0.3 is 0 Å². The molecule has 0 atom stereocenters. The van der Waals surface area contributed by atoms with Gasteiger partial charge in [0, 0.05) is 14.1 Å². The molecule has 70 valence electrons. The number of hydrogen-bond acceptors (Lipinski definition) is 2. The van der Waals surface area contributed by atoms with Crippen molar-refractivity contribution in [2.24, 2.45) is 5.10 Å². The Bertz CT molecular complexity index is 280. The molecule has 0 N–H and O–H groups in total. The average molecular weight is 197 g/mol. The van der Waals surface area contributed by atoms with E-state index in [1.54, 1.807) is 5.01 Å². The predicted octanol–water partition coefficient (Wildman–Crippen LogP) is 2.19. The Morgan fingerprint density at radius 2 is 1.92 bits per heavy atom. The van der Waals surface area contributed by atoms with E-state index in [0.29, 0.717) is 5.88 Å². The van der Waals surface area contributed by atoms with Crippen molar-refractivity contribution in [3.63, 3.8) is 0 Å². The van der Waals surface area contributed by atoms with Crippen LogP contribution in [0.1, 0.15) is 5.56 Å². The zero-order valence-corrected chi connectivity index (χ0v) is 8.62. The van der Waals surface area contributed by atoms with Crippen LogP contribution in [0.25, 0.3) is 0 Å². The highest BCUT2D eigenvalue weighted by atomic mass is 35.5. The first kappa shape index (κ1) is 10.1. The zero-order valence-electron chi connectivity index (χ0n) is 7.87. The third-order valence-corrected chi connectivity index (χ3v) is 1.81. The maximum atomic E-state index is 5.79. The quantitative estimate of drug-likeness (QED) is 0.411. The van der Waals surface area contributed by atoms with Crippen LogP contribution >= 0.6 is 11.6 Å². The fraction of sp³-hybridized carbons (Fsp3) is 0.300. The summed E-state index contributed by atoms with van der Waals surface area (Å²) in [5.74, 6) is 0.433. The molecule has 0 saturated heterocycles. The second kappa shape index (κ2) is 4.87. The van der Waals surface area contributed by atoms with Crippen LogP contribution in [0.4, 0.5) is 0 Å². The normalized spacial score (nSPS) is 11.5. The molecule has 0 aliphatic rings. The minimum Gasteiger partial charge on any atom is -0.303 e. The van der Waals surface area contributed by atoms with Crippen molar-refractivity contribution in [1.29, 1.82) is 0 Å². The largest absolute Gasteiger partial charge is 0.303 e. The first-order valence-corrected chi connectivity index (χ1v) is 4.63. The second-order valence-electron chi connectivity index (χ2n) is 2.89. The van der Waals surface area contributed by atoms with Gasteiger partial charge in [-0.25, -0.2) is 0 Å². The van der Waals surface area contributed by atoms with Crippen LogP contribution in [0.3, 0.4) is 0 Å². The summed E-state index contributed by atoms with van der Waals surface area (Å²) in [6.07, 6.45) is 0. The molecule has 1 rings (SSSR count). The Kier molecular flexibility index (Phi) is 3.77. The second-order valence-corrected chi connectivity index (χ2v) is 3.16. The fourth-order valence-corrected chi connectivity index (χ4v) is 1.24. The number of benzene rings is 1. The molecule has 1 aromatic carbocycles. The van der Waals surface area contributed by atoms with Crippen LogP contribution in [0.5, 0.6) is 0 Å². The van der Waals surface area contributed by atoms with Gasteiger partial charge in [0.2, 0.25) is 0 Å². The standard InChI is InChI=1S/C10H13ClN2/c1-13(2)12-10(8-11)9-6-4-3-5-7-9/h3-7H,8H2,1-2H3. The Balaban J connectivity index is 2.91. The van der Waals surface area contributed by atoms with Crippen molar-refractivity contribution < 1.29 is 0 Å². The van der Waals surface area contributed by atoms with Gasteiger partial charge in [-0.05, 0) is 5.56 Å². The van der Waals surface area contributed by atoms with Gasteiger partial charge in [-0.3, -0.25) is 0 Å². The number of halogens is 1. The van der Waals surface area contributed by atoms with E-state index in [2.05, 4.69) is 5.10 Å². The number of rotatable bonds is 3. The molecule has 0 saturated carbocycles. The fourth-order valence-electron chi connectivity index (χ4n) is 1.03. The number of nitrogens with zero attached hydrogens (tertiary/aromatic N) is 2. The van der Waals surface area contributed by atoms with E-state index in [4.69, 9.17) is 11.6 Å². The molecular weight excluding hydrogens is 184 g/mol. The monoisotopic (exact) mass is 196 g/mol. The van der Waals surface area contributed by atoms with Gasteiger partial charge in [0.25, 0.3) is 0 Å². The van der Waals surface area contributed by atoms with Crippen molar-refractivity contribution in [3.8, 4) is 0 Å². The van der Waals surface area contributed by atoms with Gasteiger partial charge in [0.05, 0.1) is 11.6 Å². The predicted molar refractivity (Wildman–Crippen MR) is 57.4 cm³/mol. The van der Waals surface area contributed by atoms with Crippen molar-refractivity contribution in [3.05, 3.63) is 35.9 Å². The SMILES string of the molecule is CN(C)N=C(CCl)c1ccccc1. The number of hydrazone groups is 1. The highest BCUT2D eigenvalue weighted by molar-refractivity contribution is 6.31. The summed E-state index contributed by atoms with van der Waals surface area (Å²) >= 11 is 5.79. The summed E-state index contributed by atoms with van der Waals surface area (Å²) in [7, 11) is 3.77. The molecule has 0 aromatic heterocycles. The first-order chi connectivity index (χ1) is 6.24. The van der Waals surface area contributed by atoms with E-state index in [1.165, 1.54) is 0 Å². The molecule has 0 aliphatic heterocycles. The molecule has 0 unspecified atom stereocenters. The molecule has 0 aliphatic carbocycles. The topological polar surface area (TPSA) is 15.6 Å². The van der Waals surface area contributed by atoms with Crippen molar-refractivity contribution in [2.75, 3.05) is 20.0 Å². The third-order valence-electron chi connectivity index (χ3n) is 1.55. The Morgan fingerprint density at radius 1 is 1.31 bits per heavy atom. The minimum absolute atomic E-state index is 0.433. The van der Waals surface area contributed by atoms with E-state index in [-0.39, 0.29) is 0 Å². The lowest BCUT2D eigenvalue weighted by Crippen LogP contribution is -2.11. The summed E-state index contributed by atoms with van der Waals surface area (Å²) in [6, 6.07) is 9.95. The van der Waals surface area contributed by atoms with Crippen LogP contribution in [0.2, 0.25) is 0 Å². The van der Waals surface area contributed by atoms with Crippen molar-refractivity contribution in [1.82, 2.24) is 5.01 Å². The molecule has 13 heavy (non-hydrogen) atoms. The third kappa shape index (κ3) is 3.07. The van der Waals surface area contributed by atoms with E-state index in [9.17, 15) is 0 Å². The van der Waals surface area contributed by atoms with Gasteiger partial charge in [0.1, 0.15) is 0 Å². The van der Waals surface area contributed by atoms with Crippen molar-refractivity contribution in [2.45, 2.75) is 0 Å². The molecule has 1 aromatic rings. The van der Waals surface area contributed by atoms with E-state index < -0.39 is 0 Å². The highest BCUT2D eigenvalue weighted by Gasteiger charge is 2.00. The molecule has 0 fully saturated rings. The van der Waals surface area contributed by atoms with Crippen molar-refractivity contribution >= 4 is 17.3 Å². The van der Waals surface area contributed by atoms with Crippen LogP contribution < -0.4 is 0 Å². The van der Waals surface area contributed by atoms with Crippen LogP contribution in [-0.4, -0.2) is 30.7 Å². The lowest BCUT2D eigenvalue weighted by molar-refractivity contribution is 0.438. The van der Waals surface area contributed by atoms with Gasteiger partial charge in [0.15, 0.2) is 0 Å². The Labute approximate surface area is 83.8 Å². The van der Waals surface area contributed by atoms with Gasteiger partial charge < -0.3 is 5.01 Å². The Morgan fingerprint density at radius 3 is 2.38 bits per heavy atom. The maximum Gasteiger partial charge on any atom is 0.0824 e. The Hall–Kier alpha value is -1.02. The molecule has 2 nitrogen and oxygen atoms in total. The number of alkyl halides is 1. The van der Waals surface area contributed by atoms with E-state index >= 15 is 0 Å². The van der Waals surface area contributed by atoms with Gasteiger partial charge in [-0.2, -0.15) is 5.10 Å². The van der Waals surface area contributed by atoms with E-state index in [1.807, 2.05) is 44.4 Å². The molecule has 0 amide bonds. The lowest BCUT2D eigenvalue weighted by atomic mass is 10.1. The van der Waals surface area contributed by atoms with Gasteiger partial charge in [-0.15, -0.1) is 11.6 Å². The van der Waals surface area contributed by atoms with E-state index in [0.717, 1.165) is 11.3 Å².